The Morgan fingerprint density at radius 1 is 1.38 bits per heavy atom. The van der Waals surface area contributed by atoms with Gasteiger partial charge in [-0.25, -0.2) is 4.98 Å². The van der Waals surface area contributed by atoms with E-state index in [1.54, 1.807) is 6.33 Å². The number of hydrogen-bond donors (Lipinski definition) is 2. The average Bonchev–Trinajstić information content (AvgIpc) is 2.80. The maximum absolute atomic E-state index is 4.02. The van der Waals surface area contributed by atoms with Gasteiger partial charge in [-0.05, 0) is 31.2 Å². The highest BCUT2D eigenvalue weighted by molar-refractivity contribution is 4.94. The molecule has 0 bridgehead atoms. The molecule has 1 fully saturated rings. The van der Waals surface area contributed by atoms with Crippen LogP contribution in [-0.2, 0) is 6.42 Å². The van der Waals surface area contributed by atoms with Gasteiger partial charge in [0.2, 0.25) is 0 Å². The fourth-order valence-corrected chi connectivity index (χ4v) is 2.48. The summed E-state index contributed by atoms with van der Waals surface area (Å²) in [4.78, 5) is 7.15. The molecule has 1 aromatic heterocycles. The predicted molar refractivity (Wildman–Crippen MR) is 66.3 cm³/mol. The van der Waals surface area contributed by atoms with Gasteiger partial charge >= 0.3 is 0 Å². The van der Waals surface area contributed by atoms with Gasteiger partial charge in [-0.3, -0.25) is 0 Å². The lowest BCUT2D eigenvalue weighted by Crippen LogP contribution is -2.27. The third-order valence-electron chi connectivity index (χ3n) is 3.69. The zero-order chi connectivity index (χ0) is 11.2. The van der Waals surface area contributed by atoms with Crippen molar-refractivity contribution in [2.24, 2.45) is 11.8 Å². The Bertz CT molecular complexity index is 273. The van der Waals surface area contributed by atoms with Crippen molar-refractivity contribution in [2.45, 2.75) is 39.0 Å². The molecule has 0 spiro atoms. The fourth-order valence-electron chi connectivity index (χ4n) is 2.48. The molecular weight excluding hydrogens is 198 g/mol. The smallest absolute Gasteiger partial charge is 0.0921 e. The molecule has 3 heteroatoms. The number of H-pyrrole nitrogens is 1. The molecule has 2 rings (SSSR count). The number of nitrogens with one attached hydrogen (secondary N) is 2. The van der Waals surface area contributed by atoms with E-state index in [2.05, 4.69) is 22.2 Å². The van der Waals surface area contributed by atoms with Gasteiger partial charge in [0.05, 0.1) is 6.33 Å². The Labute approximate surface area is 98.1 Å². The number of imidazole rings is 1. The third-order valence-corrected chi connectivity index (χ3v) is 3.69. The van der Waals surface area contributed by atoms with Gasteiger partial charge in [0.15, 0.2) is 0 Å². The molecule has 16 heavy (non-hydrogen) atoms. The number of aromatic amines is 1. The van der Waals surface area contributed by atoms with E-state index < -0.39 is 0 Å². The SMILES string of the molecule is CC1CCC(CNCCc2cnc[nH]2)CC1. The van der Waals surface area contributed by atoms with Gasteiger partial charge in [-0.1, -0.05) is 19.8 Å². The molecule has 1 aliphatic rings. The van der Waals surface area contributed by atoms with Crippen LogP contribution < -0.4 is 5.32 Å². The summed E-state index contributed by atoms with van der Waals surface area (Å²) in [6.07, 6.45) is 10.4. The van der Waals surface area contributed by atoms with Gasteiger partial charge in [0, 0.05) is 24.9 Å². The Balaban J connectivity index is 1.55. The first-order valence-electron chi connectivity index (χ1n) is 6.52. The quantitative estimate of drug-likeness (QED) is 0.749. The Morgan fingerprint density at radius 3 is 2.88 bits per heavy atom. The molecule has 1 aliphatic carbocycles. The monoisotopic (exact) mass is 221 g/mol. The molecule has 0 unspecified atom stereocenters. The Hall–Kier alpha value is -0.830. The van der Waals surface area contributed by atoms with E-state index >= 15 is 0 Å². The second-order valence-corrected chi connectivity index (χ2v) is 5.16. The molecule has 0 aliphatic heterocycles. The normalized spacial score (nSPS) is 25.8. The van der Waals surface area contributed by atoms with Crippen LogP contribution in [0.3, 0.4) is 0 Å². The first kappa shape index (κ1) is 11.6. The fraction of sp³-hybridized carbons (Fsp3) is 0.769. The minimum atomic E-state index is 0.915. The predicted octanol–water partition coefficient (Wildman–Crippen LogP) is 2.37. The first-order chi connectivity index (χ1) is 7.84. The molecule has 0 saturated heterocycles. The summed E-state index contributed by atoms with van der Waals surface area (Å²) in [5.74, 6) is 1.87. The minimum absolute atomic E-state index is 0.915. The van der Waals surface area contributed by atoms with Crippen molar-refractivity contribution in [3.63, 3.8) is 0 Å². The Kier molecular flexibility index (Phi) is 4.40. The third kappa shape index (κ3) is 3.63. The van der Waals surface area contributed by atoms with Crippen LogP contribution in [0.25, 0.3) is 0 Å². The molecule has 0 radical (unpaired) electrons. The van der Waals surface area contributed by atoms with E-state index in [0.717, 1.165) is 24.8 Å². The first-order valence-corrected chi connectivity index (χ1v) is 6.52. The van der Waals surface area contributed by atoms with Crippen LogP contribution in [0.5, 0.6) is 0 Å². The minimum Gasteiger partial charge on any atom is -0.348 e. The van der Waals surface area contributed by atoms with Gasteiger partial charge in [-0.15, -0.1) is 0 Å². The maximum Gasteiger partial charge on any atom is 0.0921 e. The largest absolute Gasteiger partial charge is 0.348 e. The number of hydrogen-bond acceptors (Lipinski definition) is 2. The van der Waals surface area contributed by atoms with Crippen LogP contribution >= 0.6 is 0 Å². The van der Waals surface area contributed by atoms with E-state index in [1.807, 2.05) is 6.20 Å². The number of rotatable bonds is 5. The van der Waals surface area contributed by atoms with E-state index in [4.69, 9.17) is 0 Å². The Morgan fingerprint density at radius 2 is 2.19 bits per heavy atom. The zero-order valence-electron chi connectivity index (χ0n) is 10.2. The van der Waals surface area contributed by atoms with E-state index in [-0.39, 0.29) is 0 Å². The van der Waals surface area contributed by atoms with Gasteiger partial charge in [-0.2, -0.15) is 0 Å². The second kappa shape index (κ2) is 6.04. The summed E-state index contributed by atoms with van der Waals surface area (Å²) in [5.41, 5.74) is 1.23. The van der Waals surface area contributed by atoms with Crippen molar-refractivity contribution in [2.75, 3.05) is 13.1 Å². The highest BCUT2D eigenvalue weighted by Gasteiger charge is 2.17. The lowest BCUT2D eigenvalue weighted by atomic mass is 9.83. The van der Waals surface area contributed by atoms with Crippen LogP contribution in [0.4, 0.5) is 0 Å². The van der Waals surface area contributed by atoms with Crippen molar-refractivity contribution < 1.29 is 0 Å². The van der Waals surface area contributed by atoms with Crippen molar-refractivity contribution in [1.29, 1.82) is 0 Å². The summed E-state index contributed by atoms with van der Waals surface area (Å²) >= 11 is 0. The van der Waals surface area contributed by atoms with Crippen molar-refractivity contribution in [1.82, 2.24) is 15.3 Å². The van der Waals surface area contributed by atoms with Crippen LogP contribution in [0.1, 0.15) is 38.3 Å². The topological polar surface area (TPSA) is 40.7 Å². The zero-order valence-corrected chi connectivity index (χ0v) is 10.2. The molecule has 1 aromatic rings. The van der Waals surface area contributed by atoms with Crippen LogP contribution in [0, 0.1) is 11.8 Å². The molecule has 2 N–H and O–H groups in total. The van der Waals surface area contributed by atoms with Crippen LogP contribution in [0.2, 0.25) is 0 Å². The molecule has 1 heterocycles. The maximum atomic E-state index is 4.02. The highest BCUT2D eigenvalue weighted by atomic mass is 14.9. The summed E-state index contributed by atoms with van der Waals surface area (Å²) in [6.45, 7) is 4.64. The van der Waals surface area contributed by atoms with Crippen molar-refractivity contribution >= 4 is 0 Å². The lowest BCUT2D eigenvalue weighted by molar-refractivity contribution is 0.282. The molecule has 0 amide bonds. The van der Waals surface area contributed by atoms with Crippen LogP contribution in [-0.4, -0.2) is 23.1 Å². The highest BCUT2D eigenvalue weighted by Crippen LogP contribution is 2.27. The number of nitrogens with zero attached hydrogens (tertiary/aromatic N) is 1. The van der Waals surface area contributed by atoms with Gasteiger partial charge < -0.3 is 10.3 Å². The molecular formula is C13H23N3. The second-order valence-electron chi connectivity index (χ2n) is 5.16. The molecule has 0 atom stereocenters. The van der Waals surface area contributed by atoms with Gasteiger partial charge in [0.25, 0.3) is 0 Å². The van der Waals surface area contributed by atoms with Gasteiger partial charge in [0.1, 0.15) is 0 Å². The molecule has 3 nitrogen and oxygen atoms in total. The van der Waals surface area contributed by atoms with Crippen molar-refractivity contribution in [3.8, 4) is 0 Å². The summed E-state index contributed by atoms with van der Waals surface area (Å²) in [6, 6.07) is 0. The summed E-state index contributed by atoms with van der Waals surface area (Å²) < 4.78 is 0. The summed E-state index contributed by atoms with van der Waals surface area (Å²) in [7, 11) is 0. The molecule has 0 aromatic carbocycles. The van der Waals surface area contributed by atoms with E-state index in [1.165, 1.54) is 37.9 Å². The standard InChI is InChI=1S/C13H23N3/c1-11-2-4-12(5-3-11)8-14-7-6-13-9-15-10-16-13/h9-12,14H,2-8H2,1H3,(H,15,16). The van der Waals surface area contributed by atoms with E-state index in [0.29, 0.717) is 0 Å². The molecule has 1 saturated carbocycles. The summed E-state index contributed by atoms with van der Waals surface area (Å²) in [5, 5.41) is 3.56. The average molecular weight is 221 g/mol. The lowest BCUT2D eigenvalue weighted by Gasteiger charge is -2.26. The van der Waals surface area contributed by atoms with Crippen molar-refractivity contribution in [3.05, 3.63) is 18.2 Å². The van der Waals surface area contributed by atoms with Crippen LogP contribution in [0.15, 0.2) is 12.5 Å². The number of aromatic nitrogens is 2. The van der Waals surface area contributed by atoms with E-state index in [9.17, 15) is 0 Å². The molecule has 90 valence electrons.